The SMILES string of the molecule is CCOC(=O)C1=C(c2ccccc2)N=c2s/c(=C\c3cc(I)cc(I)c3OCc3ccccc3C#N)c(=O)n2[C@H]1c1ccc(SC)cc1. The van der Waals surface area contributed by atoms with Crippen molar-refractivity contribution in [3.05, 3.63) is 151 Å². The molecule has 6 rings (SSSR count). The molecule has 0 spiro atoms. The van der Waals surface area contributed by atoms with Gasteiger partial charge >= 0.3 is 5.97 Å². The standard InChI is InChI=1S/C37H27I2N3O4S2/c1-3-45-36(44)31-32(22-9-5-4-6-10-22)41-37-42(33(31)23-13-15-28(47-2)16-14-23)35(43)30(48-37)18-26-17-27(38)19-29(39)34(26)46-21-25-12-8-7-11-24(25)20-40/h4-19,33H,3,21H2,1-2H3/b30-18-/t33-/m0/s1. The van der Waals surface area contributed by atoms with Crippen molar-refractivity contribution in [1.29, 1.82) is 5.26 Å². The average Bonchev–Trinajstić information content (AvgIpc) is 3.41. The number of carbonyl (C=O) groups is 1. The molecule has 5 aromatic rings. The largest absolute Gasteiger partial charge is 0.487 e. The Balaban J connectivity index is 1.56. The third kappa shape index (κ3) is 7.03. The molecule has 0 N–H and O–H groups in total. The molecule has 1 aromatic heterocycles. The molecule has 0 saturated heterocycles. The molecule has 4 aromatic carbocycles. The average molecular weight is 896 g/mol. The third-order valence-corrected chi connectivity index (χ3v) is 10.8. The van der Waals surface area contributed by atoms with Gasteiger partial charge < -0.3 is 9.47 Å². The van der Waals surface area contributed by atoms with Gasteiger partial charge in [-0.15, -0.1) is 11.8 Å². The normalized spacial score (nSPS) is 14.2. The van der Waals surface area contributed by atoms with E-state index >= 15 is 0 Å². The van der Waals surface area contributed by atoms with E-state index in [9.17, 15) is 14.9 Å². The molecule has 7 nitrogen and oxygen atoms in total. The van der Waals surface area contributed by atoms with Crippen LogP contribution in [0.25, 0.3) is 11.8 Å². The molecule has 1 aliphatic rings. The Morgan fingerprint density at radius 3 is 2.50 bits per heavy atom. The lowest BCUT2D eigenvalue weighted by molar-refractivity contribution is -0.138. The molecule has 0 amide bonds. The number of hydrogen-bond donors (Lipinski definition) is 0. The summed E-state index contributed by atoms with van der Waals surface area (Å²) in [5, 5.41) is 9.58. The Kier molecular flexibility index (Phi) is 10.8. The van der Waals surface area contributed by atoms with E-state index in [1.54, 1.807) is 29.3 Å². The Morgan fingerprint density at radius 2 is 1.79 bits per heavy atom. The van der Waals surface area contributed by atoms with Gasteiger partial charge in [0.1, 0.15) is 12.4 Å². The maximum atomic E-state index is 14.5. The van der Waals surface area contributed by atoms with Crippen LogP contribution < -0.4 is 19.6 Å². The van der Waals surface area contributed by atoms with Gasteiger partial charge in [0.05, 0.1) is 43.7 Å². The number of carbonyl (C=O) groups excluding carboxylic acids is 1. The monoisotopic (exact) mass is 895 g/mol. The molecule has 1 atom stereocenters. The molecule has 0 bridgehead atoms. The van der Waals surface area contributed by atoms with Gasteiger partial charge in [0.2, 0.25) is 0 Å². The second-order valence-electron chi connectivity index (χ2n) is 10.6. The molecule has 2 heterocycles. The summed E-state index contributed by atoms with van der Waals surface area (Å²) < 4.78 is 15.8. The summed E-state index contributed by atoms with van der Waals surface area (Å²) in [7, 11) is 0. The van der Waals surface area contributed by atoms with Gasteiger partial charge in [-0.25, -0.2) is 9.79 Å². The summed E-state index contributed by atoms with van der Waals surface area (Å²) in [5.74, 6) is 0.0878. The number of nitrogens with zero attached hydrogens (tertiary/aromatic N) is 3. The highest BCUT2D eigenvalue weighted by Crippen LogP contribution is 2.36. The first kappa shape index (κ1) is 34.2. The summed E-state index contributed by atoms with van der Waals surface area (Å²) in [4.78, 5) is 34.7. The minimum Gasteiger partial charge on any atom is -0.487 e. The fraction of sp³-hybridized carbons (Fsp3) is 0.135. The quantitative estimate of drug-likeness (QED) is 0.0876. The van der Waals surface area contributed by atoms with Crippen LogP contribution in [0.4, 0.5) is 0 Å². The van der Waals surface area contributed by atoms with Crippen molar-refractivity contribution < 1.29 is 14.3 Å². The van der Waals surface area contributed by atoms with E-state index < -0.39 is 12.0 Å². The number of halogens is 2. The van der Waals surface area contributed by atoms with Crippen LogP contribution >= 0.6 is 68.3 Å². The van der Waals surface area contributed by atoms with E-state index in [1.165, 1.54) is 11.3 Å². The van der Waals surface area contributed by atoms with E-state index in [-0.39, 0.29) is 18.8 Å². The molecule has 0 aliphatic carbocycles. The second kappa shape index (κ2) is 15.2. The van der Waals surface area contributed by atoms with E-state index in [0.717, 1.165) is 34.3 Å². The number of thiazole rings is 1. The van der Waals surface area contributed by atoms with Gasteiger partial charge in [-0.1, -0.05) is 72.0 Å². The van der Waals surface area contributed by atoms with Crippen LogP contribution in [0.5, 0.6) is 5.75 Å². The zero-order valence-electron chi connectivity index (χ0n) is 25.8. The van der Waals surface area contributed by atoms with Crippen molar-refractivity contribution in [3.63, 3.8) is 0 Å². The third-order valence-electron chi connectivity index (χ3n) is 7.64. The molecular formula is C37H27I2N3O4S2. The maximum absolute atomic E-state index is 14.5. The van der Waals surface area contributed by atoms with E-state index in [4.69, 9.17) is 14.5 Å². The topological polar surface area (TPSA) is 93.7 Å². The lowest BCUT2D eigenvalue weighted by Crippen LogP contribution is -2.40. The lowest BCUT2D eigenvalue weighted by Gasteiger charge is -2.26. The Morgan fingerprint density at radius 1 is 1.06 bits per heavy atom. The molecule has 0 fully saturated rings. The predicted octanol–water partition coefficient (Wildman–Crippen LogP) is 7.32. The second-order valence-corrected chi connectivity index (χ2v) is 14.9. The Hall–Kier alpha value is -3.71. The van der Waals surface area contributed by atoms with E-state index in [0.29, 0.717) is 31.9 Å². The summed E-state index contributed by atoms with van der Waals surface area (Å²) in [5.41, 5.74) is 4.08. The summed E-state index contributed by atoms with van der Waals surface area (Å²) >= 11 is 7.36. The number of hydrogen-bond acceptors (Lipinski definition) is 8. The van der Waals surface area contributed by atoms with Crippen molar-refractivity contribution in [1.82, 2.24) is 4.57 Å². The fourth-order valence-corrected chi connectivity index (χ4v) is 8.87. The van der Waals surface area contributed by atoms with Crippen molar-refractivity contribution >= 4 is 86.0 Å². The van der Waals surface area contributed by atoms with Crippen molar-refractivity contribution in [3.8, 4) is 11.8 Å². The first-order valence-electron chi connectivity index (χ1n) is 14.8. The Bertz CT molecular complexity index is 2270. The van der Waals surface area contributed by atoms with Gasteiger partial charge in [0.15, 0.2) is 4.80 Å². The number of nitriles is 1. The molecule has 0 radical (unpaired) electrons. The number of rotatable bonds is 9. The number of ether oxygens (including phenoxy) is 2. The van der Waals surface area contributed by atoms with Crippen LogP contribution in [0.1, 0.15) is 40.8 Å². The highest BCUT2D eigenvalue weighted by atomic mass is 127. The number of fused-ring (bicyclic) bond motifs is 1. The Labute approximate surface area is 312 Å². The van der Waals surface area contributed by atoms with Crippen molar-refractivity contribution in [2.45, 2.75) is 24.5 Å². The molecule has 1 aliphatic heterocycles. The summed E-state index contributed by atoms with van der Waals surface area (Å²) in [6.45, 7) is 2.14. The van der Waals surface area contributed by atoms with Crippen molar-refractivity contribution in [2.24, 2.45) is 4.99 Å². The molecule has 11 heteroatoms. The van der Waals surface area contributed by atoms with E-state index in [1.807, 2.05) is 97.3 Å². The van der Waals surface area contributed by atoms with Crippen LogP contribution in [-0.4, -0.2) is 23.4 Å². The maximum Gasteiger partial charge on any atom is 0.338 e. The summed E-state index contributed by atoms with van der Waals surface area (Å²) in [6, 6.07) is 30.1. The van der Waals surface area contributed by atoms with Crippen LogP contribution in [-0.2, 0) is 16.1 Å². The first-order chi connectivity index (χ1) is 23.3. The van der Waals surface area contributed by atoms with Gasteiger partial charge in [0.25, 0.3) is 5.56 Å². The predicted molar refractivity (Wildman–Crippen MR) is 207 cm³/mol. The van der Waals surface area contributed by atoms with Gasteiger partial charge in [-0.2, -0.15) is 5.26 Å². The molecular weight excluding hydrogens is 868 g/mol. The zero-order chi connectivity index (χ0) is 33.8. The molecule has 240 valence electrons. The highest BCUT2D eigenvalue weighted by molar-refractivity contribution is 14.1. The minimum atomic E-state index is -0.761. The molecule has 48 heavy (non-hydrogen) atoms. The number of thioether (sulfide) groups is 1. The smallest absolute Gasteiger partial charge is 0.338 e. The van der Waals surface area contributed by atoms with Crippen molar-refractivity contribution in [2.75, 3.05) is 12.9 Å². The first-order valence-corrected chi connectivity index (χ1v) is 19.0. The minimum absolute atomic E-state index is 0.180. The number of aromatic nitrogens is 1. The van der Waals surface area contributed by atoms with Crippen LogP contribution in [0.2, 0.25) is 0 Å². The molecule has 0 unspecified atom stereocenters. The fourth-order valence-electron chi connectivity index (χ4n) is 5.43. The number of esters is 1. The van der Waals surface area contributed by atoms with Gasteiger partial charge in [0, 0.05) is 25.2 Å². The number of benzene rings is 4. The van der Waals surface area contributed by atoms with Gasteiger partial charge in [-0.3, -0.25) is 9.36 Å². The van der Waals surface area contributed by atoms with Crippen LogP contribution in [0.3, 0.4) is 0 Å². The van der Waals surface area contributed by atoms with E-state index in [2.05, 4.69) is 51.3 Å². The highest BCUT2D eigenvalue weighted by Gasteiger charge is 2.35. The van der Waals surface area contributed by atoms with Gasteiger partial charge in [-0.05, 0) is 100 Å². The summed E-state index contributed by atoms with van der Waals surface area (Å²) in [6.07, 6.45) is 3.82. The lowest BCUT2D eigenvalue weighted by atomic mass is 9.93. The van der Waals surface area contributed by atoms with Crippen LogP contribution in [0, 0.1) is 18.5 Å². The zero-order valence-corrected chi connectivity index (χ0v) is 31.7. The van der Waals surface area contributed by atoms with Crippen LogP contribution in [0.15, 0.2) is 111 Å². The molecule has 0 saturated carbocycles.